The van der Waals surface area contributed by atoms with Crippen LogP contribution in [0.1, 0.15) is 10.4 Å². The molecule has 0 bridgehead atoms. The highest BCUT2D eigenvalue weighted by atomic mass is 32.1. The van der Waals surface area contributed by atoms with Crippen LogP contribution in [-0.2, 0) is 0 Å². The van der Waals surface area contributed by atoms with E-state index in [9.17, 15) is 4.79 Å². The van der Waals surface area contributed by atoms with E-state index in [2.05, 4.69) is 15.5 Å². The van der Waals surface area contributed by atoms with Gasteiger partial charge in [-0.1, -0.05) is 18.2 Å². The summed E-state index contributed by atoms with van der Waals surface area (Å²) in [7, 11) is 3.09. The average Bonchev–Trinajstić information content (AvgIpc) is 3.53. The van der Waals surface area contributed by atoms with Crippen molar-refractivity contribution in [3.05, 3.63) is 77.7 Å². The summed E-state index contributed by atoms with van der Waals surface area (Å²) in [5.41, 5.74) is 3.51. The number of methoxy groups -OCH3 is 2. The fourth-order valence-corrected chi connectivity index (χ4v) is 4.10. The Labute approximate surface area is 193 Å². The molecule has 0 spiro atoms. The molecule has 3 aromatic heterocycles. The van der Waals surface area contributed by atoms with Crippen LogP contribution in [0.15, 0.2) is 72.1 Å². The van der Waals surface area contributed by atoms with Crippen molar-refractivity contribution in [2.75, 3.05) is 19.5 Å². The molecular weight excluding hydrogens is 438 g/mol. The second kappa shape index (κ2) is 8.71. The van der Waals surface area contributed by atoms with Gasteiger partial charge >= 0.3 is 0 Å². The zero-order valence-electron chi connectivity index (χ0n) is 17.9. The zero-order chi connectivity index (χ0) is 22.8. The molecule has 0 aliphatic heterocycles. The second-order valence-corrected chi connectivity index (χ2v) is 8.04. The Kier molecular flexibility index (Phi) is 5.45. The van der Waals surface area contributed by atoms with Crippen molar-refractivity contribution >= 4 is 28.6 Å². The fourth-order valence-electron chi connectivity index (χ4n) is 3.41. The SMILES string of the molecule is COc1ccc(C(=O)Nc2ccc(-c3ccc4nnc(-c5cccs5)n4n3)cc2)cc1OC. The maximum Gasteiger partial charge on any atom is 0.255 e. The topological polar surface area (TPSA) is 90.6 Å². The predicted molar refractivity (Wildman–Crippen MR) is 127 cm³/mol. The molecule has 9 heteroatoms. The van der Waals surface area contributed by atoms with Gasteiger partial charge in [-0.05, 0) is 53.9 Å². The van der Waals surface area contributed by atoms with E-state index < -0.39 is 0 Å². The molecule has 0 fully saturated rings. The largest absolute Gasteiger partial charge is 0.493 e. The van der Waals surface area contributed by atoms with Crippen LogP contribution in [0.25, 0.3) is 27.6 Å². The third-order valence-corrected chi connectivity index (χ3v) is 5.95. The molecule has 5 aromatic rings. The summed E-state index contributed by atoms with van der Waals surface area (Å²) in [4.78, 5) is 13.7. The van der Waals surface area contributed by atoms with Gasteiger partial charge in [0.1, 0.15) is 0 Å². The normalized spacial score (nSPS) is 10.8. The lowest BCUT2D eigenvalue weighted by Crippen LogP contribution is -2.12. The number of nitrogens with zero attached hydrogens (tertiary/aromatic N) is 4. The number of carbonyl (C=O) groups excluding carboxylic acids is 1. The number of carbonyl (C=O) groups is 1. The minimum Gasteiger partial charge on any atom is -0.493 e. The molecule has 5 rings (SSSR count). The van der Waals surface area contributed by atoms with Crippen molar-refractivity contribution in [3.8, 4) is 33.5 Å². The summed E-state index contributed by atoms with van der Waals surface area (Å²) < 4.78 is 12.2. The minimum atomic E-state index is -0.242. The van der Waals surface area contributed by atoms with Gasteiger partial charge in [0.05, 0.1) is 24.8 Å². The van der Waals surface area contributed by atoms with Crippen LogP contribution >= 0.6 is 11.3 Å². The van der Waals surface area contributed by atoms with Crippen LogP contribution < -0.4 is 14.8 Å². The molecule has 0 aliphatic carbocycles. The highest BCUT2D eigenvalue weighted by Gasteiger charge is 2.13. The van der Waals surface area contributed by atoms with Crippen molar-refractivity contribution in [1.82, 2.24) is 19.8 Å². The number of hydrogen-bond acceptors (Lipinski definition) is 7. The first-order valence-corrected chi connectivity index (χ1v) is 10.9. The van der Waals surface area contributed by atoms with Gasteiger partial charge in [-0.15, -0.1) is 21.5 Å². The van der Waals surface area contributed by atoms with Gasteiger partial charge < -0.3 is 14.8 Å². The summed E-state index contributed by atoms with van der Waals surface area (Å²) in [5, 5.41) is 18.1. The summed E-state index contributed by atoms with van der Waals surface area (Å²) in [5.74, 6) is 1.53. The van der Waals surface area contributed by atoms with Gasteiger partial charge in [0.15, 0.2) is 23.0 Å². The van der Waals surface area contributed by atoms with Crippen LogP contribution in [0.5, 0.6) is 11.5 Å². The molecule has 0 radical (unpaired) electrons. The van der Waals surface area contributed by atoms with Crippen LogP contribution in [0.4, 0.5) is 5.69 Å². The number of benzene rings is 2. The molecule has 164 valence electrons. The van der Waals surface area contributed by atoms with Gasteiger partial charge in [-0.3, -0.25) is 4.79 Å². The highest BCUT2D eigenvalue weighted by molar-refractivity contribution is 7.13. The summed E-state index contributed by atoms with van der Waals surface area (Å²) in [6, 6.07) is 20.3. The molecule has 0 atom stereocenters. The third-order valence-electron chi connectivity index (χ3n) is 5.09. The number of aromatic nitrogens is 4. The van der Waals surface area contributed by atoms with E-state index in [1.807, 2.05) is 53.9 Å². The van der Waals surface area contributed by atoms with Gasteiger partial charge in [0, 0.05) is 16.8 Å². The zero-order valence-corrected chi connectivity index (χ0v) is 18.7. The van der Waals surface area contributed by atoms with Crippen LogP contribution in [0.2, 0.25) is 0 Å². The number of hydrogen-bond donors (Lipinski definition) is 1. The summed E-state index contributed by atoms with van der Waals surface area (Å²) in [6.07, 6.45) is 0. The first-order chi connectivity index (χ1) is 16.2. The first-order valence-electron chi connectivity index (χ1n) is 10.1. The van der Waals surface area contributed by atoms with Crippen molar-refractivity contribution in [2.45, 2.75) is 0 Å². The van der Waals surface area contributed by atoms with Crippen molar-refractivity contribution in [1.29, 1.82) is 0 Å². The Morgan fingerprint density at radius 1 is 0.939 bits per heavy atom. The van der Waals surface area contributed by atoms with Crippen LogP contribution in [0, 0.1) is 0 Å². The Morgan fingerprint density at radius 3 is 2.48 bits per heavy atom. The van der Waals surface area contributed by atoms with E-state index in [4.69, 9.17) is 14.6 Å². The van der Waals surface area contributed by atoms with Gasteiger partial charge in [0.2, 0.25) is 0 Å². The van der Waals surface area contributed by atoms with E-state index in [1.165, 1.54) is 7.11 Å². The Balaban J connectivity index is 1.37. The molecule has 0 saturated carbocycles. The Bertz CT molecular complexity index is 1430. The molecular formula is C24H19N5O3S. The number of fused-ring (bicyclic) bond motifs is 1. The molecule has 0 aliphatic rings. The summed E-state index contributed by atoms with van der Waals surface area (Å²) >= 11 is 1.59. The third kappa shape index (κ3) is 4.01. The van der Waals surface area contributed by atoms with E-state index in [1.54, 1.807) is 41.2 Å². The molecule has 0 saturated heterocycles. The number of anilines is 1. The molecule has 3 heterocycles. The fraction of sp³-hybridized carbons (Fsp3) is 0.0833. The molecule has 33 heavy (non-hydrogen) atoms. The van der Waals surface area contributed by atoms with E-state index >= 15 is 0 Å². The van der Waals surface area contributed by atoms with Crippen molar-refractivity contribution < 1.29 is 14.3 Å². The maximum absolute atomic E-state index is 12.7. The average molecular weight is 458 g/mol. The number of nitrogens with one attached hydrogen (secondary N) is 1. The second-order valence-electron chi connectivity index (χ2n) is 7.09. The Hall–Kier alpha value is -4.24. The van der Waals surface area contributed by atoms with Crippen molar-refractivity contribution in [3.63, 3.8) is 0 Å². The predicted octanol–water partition coefficient (Wildman–Crippen LogP) is 4.79. The monoisotopic (exact) mass is 457 g/mol. The minimum absolute atomic E-state index is 0.242. The lowest BCUT2D eigenvalue weighted by molar-refractivity contribution is 0.102. The Morgan fingerprint density at radius 2 is 1.76 bits per heavy atom. The van der Waals surface area contributed by atoms with Gasteiger partial charge in [-0.2, -0.15) is 9.61 Å². The molecule has 0 unspecified atom stereocenters. The lowest BCUT2D eigenvalue weighted by Gasteiger charge is -2.10. The number of thiophene rings is 1. The lowest BCUT2D eigenvalue weighted by atomic mass is 10.1. The number of amides is 1. The molecule has 2 aromatic carbocycles. The van der Waals surface area contributed by atoms with E-state index in [0.29, 0.717) is 34.2 Å². The van der Waals surface area contributed by atoms with Crippen LogP contribution in [-0.4, -0.2) is 39.9 Å². The van der Waals surface area contributed by atoms with E-state index in [0.717, 1.165) is 16.1 Å². The number of rotatable bonds is 6. The standard InChI is InChI=1S/C24H19N5O3S/c1-31-19-11-7-16(14-20(19)32-2)24(30)25-17-8-5-15(6-9-17)18-10-12-22-26-27-23(29(22)28-18)21-4-3-13-33-21/h3-14H,1-2H3,(H,25,30). The van der Waals surface area contributed by atoms with Gasteiger partial charge in [0.25, 0.3) is 5.91 Å². The summed E-state index contributed by atoms with van der Waals surface area (Å²) in [6.45, 7) is 0. The molecule has 8 nitrogen and oxygen atoms in total. The maximum atomic E-state index is 12.7. The highest BCUT2D eigenvalue weighted by Crippen LogP contribution is 2.28. The van der Waals surface area contributed by atoms with Crippen molar-refractivity contribution in [2.24, 2.45) is 0 Å². The quantitative estimate of drug-likeness (QED) is 0.394. The smallest absolute Gasteiger partial charge is 0.255 e. The number of ether oxygens (including phenoxy) is 2. The molecule has 1 amide bonds. The first kappa shape index (κ1) is 20.7. The van der Waals surface area contributed by atoms with E-state index in [-0.39, 0.29) is 5.91 Å². The molecule has 1 N–H and O–H groups in total. The van der Waals surface area contributed by atoms with Crippen LogP contribution in [0.3, 0.4) is 0 Å². The van der Waals surface area contributed by atoms with Gasteiger partial charge in [-0.25, -0.2) is 0 Å².